The molecule has 0 aliphatic carbocycles. The molecule has 3 aromatic rings. The second kappa shape index (κ2) is 10.2. The Balaban J connectivity index is 1.79. The van der Waals surface area contributed by atoms with Gasteiger partial charge >= 0.3 is 5.97 Å². The van der Waals surface area contributed by atoms with Crippen LogP contribution in [0, 0.1) is 0 Å². The molecule has 0 saturated heterocycles. The summed E-state index contributed by atoms with van der Waals surface area (Å²) in [6.07, 6.45) is 3.05. The highest BCUT2D eigenvalue weighted by atomic mass is 16.5. The molecule has 0 spiro atoms. The van der Waals surface area contributed by atoms with Gasteiger partial charge in [0.15, 0.2) is 5.78 Å². The van der Waals surface area contributed by atoms with Crippen LogP contribution in [0.5, 0.6) is 17.2 Å². The molecule has 5 heteroatoms. The Hall–Kier alpha value is -3.86. The fourth-order valence-corrected chi connectivity index (χ4v) is 3.23. The fourth-order valence-electron chi connectivity index (χ4n) is 3.23. The maximum Gasteiger partial charge on any atom is 0.343 e. The van der Waals surface area contributed by atoms with E-state index in [4.69, 9.17) is 14.2 Å². The molecular formula is C28H28O5. The van der Waals surface area contributed by atoms with Gasteiger partial charge in [0.2, 0.25) is 0 Å². The van der Waals surface area contributed by atoms with E-state index in [9.17, 15) is 9.59 Å². The van der Waals surface area contributed by atoms with Crippen LogP contribution in [0.2, 0.25) is 0 Å². The van der Waals surface area contributed by atoms with Crippen molar-refractivity contribution in [2.45, 2.75) is 26.2 Å². The predicted octanol–water partition coefficient (Wildman–Crippen LogP) is 6.12. The molecule has 0 atom stereocenters. The Morgan fingerprint density at radius 2 is 1.52 bits per heavy atom. The highest BCUT2D eigenvalue weighted by Gasteiger charge is 2.16. The minimum Gasteiger partial charge on any atom is -0.497 e. The summed E-state index contributed by atoms with van der Waals surface area (Å²) < 4.78 is 16.1. The van der Waals surface area contributed by atoms with Gasteiger partial charge in [-0.2, -0.15) is 0 Å². The van der Waals surface area contributed by atoms with E-state index in [1.54, 1.807) is 61.7 Å². The van der Waals surface area contributed by atoms with Crippen LogP contribution in [-0.4, -0.2) is 26.0 Å². The first kappa shape index (κ1) is 23.8. The zero-order chi connectivity index (χ0) is 24.0. The molecule has 0 radical (unpaired) electrons. The highest BCUT2D eigenvalue weighted by molar-refractivity contribution is 6.09. The average Bonchev–Trinajstić information content (AvgIpc) is 2.82. The summed E-state index contributed by atoms with van der Waals surface area (Å²) in [5, 5.41) is 0. The number of benzene rings is 3. The van der Waals surface area contributed by atoms with Gasteiger partial charge in [0.25, 0.3) is 0 Å². The molecular weight excluding hydrogens is 416 g/mol. The number of ketones is 1. The number of rotatable bonds is 7. The van der Waals surface area contributed by atoms with E-state index in [2.05, 4.69) is 20.8 Å². The first-order valence-corrected chi connectivity index (χ1v) is 10.6. The standard InChI is InChI=1S/C28H28O5/c1-28(2,3)21-13-10-20(11-14-21)27(30)33-25-9-7-6-8-19(25)12-17-24(29)23-16-15-22(31-4)18-26(23)32-5/h6-18H,1-5H3/b17-12+. The summed E-state index contributed by atoms with van der Waals surface area (Å²) in [5.74, 6) is 0.684. The summed E-state index contributed by atoms with van der Waals surface area (Å²) >= 11 is 0. The van der Waals surface area contributed by atoms with Crippen molar-refractivity contribution in [3.05, 3.63) is 95.1 Å². The molecule has 0 saturated carbocycles. The van der Waals surface area contributed by atoms with Gasteiger partial charge in [-0.25, -0.2) is 4.79 Å². The molecule has 0 bridgehead atoms. The molecule has 170 valence electrons. The number of carbonyl (C=O) groups is 2. The first-order valence-electron chi connectivity index (χ1n) is 10.6. The van der Waals surface area contributed by atoms with E-state index in [-0.39, 0.29) is 11.2 Å². The monoisotopic (exact) mass is 444 g/mol. The molecule has 0 heterocycles. The quantitative estimate of drug-likeness (QED) is 0.190. The normalized spacial score (nSPS) is 11.3. The Kier molecular flexibility index (Phi) is 7.34. The lowest BCUT2D eigenvalue weighted by Crippen LogP contribution is -2.13. The lowest BCUT2D eigenvalue weighted by molar-refractivity contribution is 0.0734. The van der Waals surface area contributed by atoms with Gasteiger partial charge in [0, 0.05) is 11.6 Å². The molecule has 0 fully saturated rings. The van der Waals surface area contributed by atoms with E-state index in [0.717, 1.165) is 5.56 Å². The third-order valence-corrected chi connectivity index (χ3v) is 5.20. The molecule has 0 amide bonds. The number of hydrogen-bond acceptors (Lipinski definition) is 5. The molecule has 0 unspecified atom stereocenters. The van der Waals surface area contributed by atoms with Gasteiger partial charge < -0.3 is 14.2 Å². The lowest BCUT2D eigenvalue weighted by Gasteiger charge is -2.19. The third kappa shape index (κ3) is 5.89. The minimum atomic E-state index is -0.459. The van der Waals surface area contributed by atoms with Crippen LogP contribution in [0.4, 0.5) is 0 Å². The molecule has 0 aromatic heterocycles. The Bertz CT molecular complexity index is 1170. The molecule has 3 aromatic carbocycles. The van der Waals surface area contributed by atoms with E-state index >= 15 is 0 Å². The van der Waals surface area contributed by atoms with Crippen LogP contribution in [0.15, 0.2) is 72.8 Å². The van der Waals surface area contributed by atoms with E-state index in [1.807, 2.05) is 18.2 Å². The van der Waals surface area contributed by atoms with Gasteiger partial charge in [-0.05, 0) is 53.5 Å². The Morgan fingerprint density at radius 1 is 0.818 bits per heavy atom. The summed E-state index contributed by atoms with van der Waals surface area (Å²) in [7, 11) is 3.05. The number of allylic oxidation sites excluding steroid dienone is 1. The van der Waals surface area contributed by atoms with Crippen molar-refractivity contribution in [1.29, 1.82) is 0 Å². The van der Waals surface area contributed by atoms with Crippen LogP contribution < -0.4 is 14.2 Å². The summed E-state index contributed by atoms with van der Waals surface area (Å²) in [6, 6.07) is 19.5. The van der Waals surface area contributed by atoms with Crippen molar-refractivity contribution in [3.63, 3.8) is 0 Å². The Morgan fingerprint density at radius 3 is 2.15 bits per heavy atom. The minimum absolute atomic E-state index is 0.00106. The first-order chi connectivity index (χ1) is 15.7. The molecule has 0 aliphatic heterocycles. The fraction of sp³-hybridized carbons (Fsp3) is 0.214. The van der Waals surface area contributed by atoms with Gasteiger partial charge in [-0.1, -0.05) is 51.1 Å². The van der Waals surface area contributed by atoms with Crippen molar-refractivity contribution >= 4 is 17.8 Å². The summed E-state index contributed by atoms with van der Waals surface area (Å²) in [5.41, 5.74) is 2.61. The lowest BCUT2D eigenvalue weighted by atomic mass is 9.87. The average molecular weight is 445 g/mol. The number of ether oxygens (including phenoxy) is 3. The molecule has 0 N–H and O–H groups in total. The smallest absolute Gasteiger partial charge is 0.343 e. The highest BCUT2D eigenvalue weighted by Crippen LogP contribution is 2.27. The molecule has 5 nitrogen and oxygen atoms in total. The van der Waals surface area contributed by atoms with Crippen LogP contribution in [0.25, 0.3) is 6.08 Å². The topological polar surface area (TPSA) is 61.8 Å². The van der Waals surface area contributed by atoms with Gasteiger partial charge in [0.1, 0.15) is 17.2 Å². The maximum atomic E-state index is 12.7. The zero-order valence-corrected chi connectivity index (χ0v) is 19.5. The van der Waals surface area contributed by atoms with Gasteiger partial charge in [-0.3, -0.25) is 4.79 Å². The van der Waals surface area contributed by atoms with Crippen LogP contribution in [0.3, 0.4) is 0 Å². The second-order valence-electron chi connectivity index (χ2n) is 8.52. The van der Waals surface area contributed by atoms with Gasteiger partial charge in [0.05, 0.1) is 25.3 Å². The van der Waals surface area contributed by atoms with Crippen LogP contribution >= 0.6 is 0 Å². The van der Waals surface area contributed by atoms with Crippen molar-refractivity contribution < 1.29 is 23.8 Å². The second-order valence-corrected chi connectivity index (χ2v) is 8.52. The number of para-hydroxylation sites is 1. The van der Waals surface area contributed by atoms with Crippen LogP contribution in [0.1, 0.15) is 52.6 Å². The molecule has 3 rings (SSSR count). The van der Waals surface area contributed by atoms with Crippen molar-refractivity contribution in [3.8, 4) is 17.2 Å². The molecule has 0 aliphatic rings. The zero-order valence-electron chi connectivity index (χ0n) is 19.5. The number of carbonyl (C=O) groups excluding carboxylic acids is 2. The van der Waals surface area contributed by atoms with Crippen LogP contribution in [-0.2, 0) is 5.41 Å². The number of esters is 1. The number of hydrogen-bond donors (Lipinski definition) is 0. The summed E-state index contributed by atoms with van der Waals surface area (Å²) in [6.45, 7) is 6.35. The van der Waals surface area contributed by atoms with Crippen molar-refractivity contribution in [2.75, 3.05) is 14.2 Å². The van der Waals surface area contributed by atoms with E-state index < -0.39 is 5.97 Å². The maximum absolute atomic E-state index is 12.7. The van der Waals surface area contributed by atoms with Crippen molar-refractivity contribution in [1.82, 2.24) is 0 Å². The molecule has 33 heavy (non-hydrogen) atoms. The number of methoxy groups -OCH3 is 2. The predicted molar refractivity (Wildman–Crippen MR) is 129 cm³/mol. The Labute approximate surface area is 194 Å². The summed E-state index contributed by atoms with van der Waals surface area (Å²) in [4.78, 5) is 25.4. The third-order valence-electron chi connectivity index (χ3n) is 5.20. The largest absolute Gasteiger partial charge is 0.497 e. The van der Waals surface area contributed by atoms with Crippen molar-refractivity contribution in [2.24, 2.45) is 0 Å². The van der Waals surface area contributed by atoms with E-state index in [0.29, 0.717) is 33.9 Å². The SMILES string of the molecule is COc1ccc(C(=O)/C=C/c2ccccc2OC(=O)c2ccc(C(C)(C)C)cc2)c(OC)c1. The van der Waals surface area contributed by atoms with Gasteiger partial charge in [-0.15, -0.1) is 0 Å². The van der Waals surface area contributed by atoms with E-state index in [1.165, 1.54) is 13.2 Å².